The van der Waals surface area contributed by atoms with Gasteiger partial charge in [0.25, 0.3) is 0 Å². The Labute approximate surface area is 111 Å². The summed E-state index contributed by atoms with van der Waals surface area (Å²) >= 11 is 6.61. The molecule has 0 aliphatic rings. The first-order valence-electron chi connectivity index (χ1n) is 5.25. The summed E-state index contributed by atoms with van der Waals surface area (Å²) in [6.45, 7) is 4.95. The minimum absolute atomic E-state index is 0.0693. The highest BCUT2D eigenvalue weighted by Gasteiger charge is 2.17. The van der Waals surface area contributed by atoms with Crippen LogP contribution in [0.4, 0.5) is 10.1 Å². The van der Waals surface area contributed by atoms with Crippen LogP contribution in [0.25, 0.3) is 0 Å². The molecule has 0 heterocycles. The Hall–Kier alpha value is -0.810. The zero-order valence-corrected chi connectivity index (χ0v) is 11.8. The van der Waals surface area contributed by atoms with Gasteiger partial charge in [0.15, 0.2) is 0 Å². The van der Waals surface area contributed by atoms with Crippen LogP contribution in [0.15, 0.2) is 18.2 Å². The van der Waals surface area contributed by atoms with Gasteiger partial charge in [-0.1, -0.05) is 18.3 Å². The molecule has 0 aliphatic heterocycles. The minimum atomic E-state index is -0.385. The molecule has 0 radical (unpaired) electrons. The maximum absolute atomic E-state index is 13.6. The van der Waals surface area contributed by atoms with Gasteiger partial charge in [0, 0.05) is 17.0 Å². The Morgan fingerprint density at radius 2 is 2.18 bits per heavy atom. The number of hydrogen-bond acceptors (Lipinski definition) is 3. The van der Waals surface area contributed by atoms with E-state index in [1.165, 1.54) is 6.07 Å². The van der Waals surface area contributed by atoms with Crippen molar-refractivity contribution in [1.82, 2.24) is 0 Å². The van der Waals surface area contributed by atoms with Gasteiger partial charge in [-0.2, -0.15) is 11.8 Å². The summed E-state index contributed by atoms with van der Waals surface area (Å²) in [6, 6.07) is 4.79. The summed E-state index contributed by atoms with van der Waals surface area (Å²) in [6.07, 6.45) is 2.04. The van der Waals surface area contributed by atoms with Crippen molar-refractivity contribution in [2.45, 2.75) is 18.6 Å². The van der Waals surface area contributed by atoms with Crippen molar-refractivity contribution in [2.24, 2.45) is 5.73 Å². The van der Waals surface area contributed by atoms with Crippen LogP contribution in [-0.2, 0) is 0 Å². The third-order valence-electron chi connectivity index (χ3n) is 2.52. The zero-order chi connectivity index (χ0) is 13.1. The molecule has 5 heteroatoms. The molecule has 2 nitrogen and oxygen atoms in total. The monoisotopic (exact) mass is 272 g/mol. The fourth-order valence-electron chi connectivity index (χ4n) is 1.30. The van der Waals surface area contributed by atoms with Gasteiger partial charge in [-0.25, -0.2) is 4.39 Å². The molecule has 0 bridgehead atoms. The molecule has 0 saturated carbocycles. The highest BCUT2D eigenvalue weighted by Crippen LogP contribution is 2.24. The van der Waals surface area contributed by atoms with E-state index < -0.39 is 0 Å². The molecule has 0 saturated heterocycles. The second-order valence-corrected chi connectivity index (χ2v) is 6.30. The normalized spacial score (nSPS) is 11.3. The van der Waals surface area contributed by atoms with Crippen LogP contribution < -0.4 is 11.1 Å². The Morgan fingerprint density at radius 3 is 2.71 bits per heavy atom. The van der Waals surface area contributed by atoms with Crippen LogP contribution in [0.1, 0.15) is 19.4 Å². The molecule has 3 N–H and O–H groups in total. The Kier molecular flexibility index (Phi) is 4.77. The van der Waals surface area contributed by atoms with Crippen LogP contribution in [0.3, 0.4) is 0 Å². The average molecular weight is 272 g/mol. The zero-order valence-electron chi connectivity index (χ0n) is 10.2. The quantitative estimate of drug-likeness (QED) is 0.808. The minimum Gasteiger partial charge on any atom is -0.389 e. The van der Waals surface area contributed by atoms with Crippen LogP contribution in [0, 0.1) is 5.82 Å². The lowest BCUT2D eigenvalue weighted by molar-refractivity contribution is 0.625. The molecule has 1 rings (SSSR count). The van der Waals surface area contributed by atoms with Crippen molar-refractivity contribution in [3.63, 3.8) is 0 Å². The summed E-state index contributed by atoms with van der Waals surface area (Å²) in [5.74, 6) is -0.385. The van der Waals surface area contributed by atoms with E-state index in [0.29, 0.717) is 17.8 Å². The van der Waals surface area contributed by atoms with Gasteiger partial charge >= 0.3 is 0 Å². The third-order valence-corrected chi connectivity index (χ3v) is 3.97. The fraction of sp³-hybridized carbons (Fsp3) is 0.417. The number of halogens is 1. The Bertz CT molecular complexity index is 419. The highest BCUT2D eigenvalue weighted by atomic mass is 32.2. The molecule has 1 aromatic rings. The predicted molar refractivity (Wildman–Crippen MR) is 78.4 cm³/mol. The molecule has 17 heavy (non-hydrogen) atoms. The second kappa shape index (κ2) is 5.69. The van der Waals surface area contributed by atoms with Gasteiger partial charge in [-0.05, 0) is 32.2 Å². The van der Waals surface area contributed by atoms with E-state index in [0.717, 1.165) is 0 Å². The van der Waals surface area contributed by atoms with Crippen molar-refractivity contribution in [1.29, 1.82) is 0 Å². The number of rotatable bonds is 5. The number of nitrogens with one attached hydrogen (secondary N) is 1. The molecule has 0 spiro atoms. The molecule has 0 fully saturated rings. The molecule has 0 amide bonds. The van der Waals surface area contributed by atoms with E-state index in [4.69, 9.17) is 18.0 Å². The molecular formula is C12H17FN2S2. The van der Waals surface area contributed by atoms with Crippen LogP contribution in [0.2, 0.25) is 0 Å². The van der Waals surface area contributed by atoms with E-state index >= 15 is 0 Å². The molecule has 1 aromatic carbocycles. The summed E-state index contributed by atoms with van der Waals surface area (Å²) < 4.78 is 13.7. The Morgan fingerprint density at radius 1 is 1.53 bits per heavy atom. The fourth-order valence-corrected chi connectivity index (χ4v) is 1.73. The number of hydrogen-bond donors (Lipinski definition) is 2. The standard InChI is InChI=1S/C12H17FN2S2/c1-12(2,17-3)7-15-9-6-4-5-8(13)10(9)11(14)16/h4-6,15H,7H2,1-3H3,(H2,14,16). The Balaban J connectivity index is 2.92. The average Bonchev–Trinajstić information content (AvgIpc) is 2.26. The largest absolute Gasteiger partial charge is 0.389 e. The first-order valence-corrected chi connectivity index (χ1v) is 6.88. The van der Waals surface area contributed by atoms with Crippen LogP contribution in [-0.4, -0.2) is 22.5 Å². The SMILES string of the molecule is CSC(C)(C)CNc1cccc(F)c1C(N)=S. The van der Waals surface area contributed by atoms with Gasteiger partial charge in [0.2, 0.25) is 0 Å². The third kappa shape index (κ3) is 3.85. The molecule has 0 aromatic heterocycles. The first kappa shape index (κ1) is 14.3. The van der Waals surface area contributed by atoms with Crippen LogP contribution in [0.5, 0.6) is 0 Å². The maximum atomic E-state index is 13.6. The number of thioether (sulfide) groups is 1. The molecule has 0 unspecified atom stereocenters. The van der Waals surface area contributed by atoms with Gasteiger partial charge in [0.05, 0.1) is 5.56 Å². The van der Waals surface area contributed by atoms with E-state index in [9.17, 15) is 4.39 Å². The summed E-state index contributed by atoms with van der Waals surface area (Å²) in [7, 11) is 0. The molecule has 0 atom stereocenters. The lowest BCUT2D eigenvalue weighted by Gasteiger charge is -2.24. The lowest BCUT2D eigenvalue weighted by atomic mass is 10.1. The molecule has 94 valence electrons. The highest BCUT2D eigenvalue weighted by molar-refractivity contribution is 7.99. The topological polar surface area (TPSA) is 38.0 Å². The van der Waals surface area contributed by atoms with Gasteiger partial charge in [0.1, 0.15) is 10.8 Å². The second-order valence-electron chi connectivity index (χ2n) is 4.34. The molecular weight excluding hydrogens is 255 g/mol. The number of anilines is 1. The van der Waals surface area contributed by atoms with E-state index in [2.05, 4.69) is 19.2 Å². The van der Waals surface area contributed by atoms with E-state index in [1.54, 1.807) is 23.9 Å². The maximum Gasteiger partial charge on any atom is 0.135 e. The summed E-state index contributed by atoms with van der Waals surface area (Å²) in [5.41, 5.74) is 6.48. The van der Waals surface area contributed by atoms with Gasteiger partial charge in [-0.15, -0.1) is 0 Å². The van der Waals surface area contributed by atoms with Crippen molar-refractivity contribution in [3.05, 3.63) is 29.6 Å². The smallest absolute Gasteiger partial charge is 0.135 e. The van der Waals surface area contributed by atoms with Crippen molar-refractivity contribution in [3.8, 4) is 0 Å². The summed E-state index contributed by atoms with van der Waals surface area (Å²) in [4.78, 5) is 0.0764. The van der Waals surface area contributed by atoms with E-state index in [-0.39, 0.29) is 15.6 Å². The summed E-state index contributed by atoms with van der Waals surface area (Å²) in [5, 5.41) is 3.20. The van der Waals surface area contributed by atoms with Crippen LogP contribution >= 0.6 is 24.0 Å². The first-order chi connectivity index (χ1) is 7.87. The number of thiocarbonyl (C=S) groups is 1. The van der Waals surface area contributed by atoms with Gasteiger partial charge in [-0.3, -0.25) is 0 Å². The van der Waals surface area contributed by atoms with Crippen molar-refractivity contribution < 1.29 is 4.39 Å². The van der Waals surface area contributed by atoms with Crippen molar-refractivity contribution >= 4 is 34.7 Å². The van der Waals surface area contributed by atoms with E-state index in [1.807, 2.05) is 6.26 Å². The lowest BCUT2D eigenvalue weighted by Crippen LogP contribution is -2.27. The van der Waals surface area contributed by atoms with Crippen molar-refractivity contribution in [2.75, 3.05) is 18.1 Å². The predicted octanol–water partition coefficient (Wildman–Crippen LogP) is 3.01. The molecule has 0 aliphatic carbocycles. The number of nitrogens with two attached hydrogens (primary N) is 1. The number of benzene rings is 1. The van der Waals surface area contributed by atoms with Gasteiger partial charge < -0.3 is 11.1 Å².